The molecule has 0 fully saturated rings. The van der Waals surface area contributed by atoms with Crippen LogP contribution in [0.5, 0.6) is 17.2 Å². The van der Waals surface area contributed by atoms with E-state index in [1.807, 2.05) is 55.5 Å². The summed E-state index contributed by atoms with van der Waals surface area (Å²) >= 11 is 0. The van der Waals surface area contributed by atoms with Crippen molar-refractivity contribution in [3.8, 4) is 17.2 Å². The molecule has 0 aliphatic carbocycles. The number of aryl methyl sites for hydroxylation is 1. The molecular formula is C29H24FN5O3. The number of carbonyl (C=O) groups excluding carboxylic acids is 1. The van der Waals surface area contributed by atoms with Gasteiger partial charge in [-0.1, -0.05) is 30.3 Å². The lowest BCUT2D eigenvalue weighted by molar-refractivity contribution is 0.256. The summed E-state index contributed by atoms with van der Waals surface area (Å²) in [5.74, 6) is 0.691. The highest BCUT2D eigenvalue weighted by Crippen LogP contribution is 2.35. The Balaban J connectivity index is 1.26. The number of anilines is 2. The van der Waals surface area contributed by atoms with Crippen LogP contribution in [0.3, 0.4) is 0 Å². The average Bonchev–Trinajstić information content (AvgIpc) is 3.25. The summed E-state index contributed by atoms with van der Waals surface area (Å²) in [4.78, 5) is 18.6. The van der Waals surface area contributed by atoms with Crippen molar-refractivity contribution < 1.29 is 18.7 Å². The first-order valence-electron chi connectivity index (χ1n) is 12.1. The molecule has 2 aromatic heterocycles. The fourth-order valence-corrected chi connectivity index (χ4v) is 4.62. The molecule has 9 heteroatoms. The SMILES string of the molecule is COc1ccc(Cn2nc(C)c3c(Oc4ccc(N5Cc6ccccc6NC5=O)cc4F)ccnc32)cc1. The maximum atomic E-state index is 15.2. The Morgan fingerprint density at radius 2 is 1.84 bits per heavy atom. The summed E-state index contributed by atoms with van der Waals surface area (Å²) in [6, 6.07) is 21.2. The first-order chi connectivity index (χ1) is 18.5. The van der Waals surface area contributed by atoms with Crippen molar-refractivity contribution in [1.82, 2.24) is 14.8 Å². The molecule has 6 rings (SSSR count). The lowest BCUT2D eigenvalue weighted by Gasteiger charge is -2.29. The van der Waals surface area contributed by atoms with Crippen LogP contribution in [0.2, 0.25) is 0 Å². The molecule has 0 saturated carbocycles. The molecule has 1 aliphatic heterocycles. The van der Waals surface area contributed by atoms with E-state index in [-0.39, 0.29) is 11.8 Å². The van der Waals surface area contributed by atoms with E-state index in [0.717, 1.165) is 28.3 Å². The molecule has 0 atom stereocenters. The van der Waals surface area contributed by atoms with E-state index in [2.05, 4.69) is 15.4 Å². The van der Waals surface area contributed by atoms with E-state index >= 15 is 4.39 Å². The summed E-state index contributed by atoms with van der Waals surface area (Å²) in [7, 11) is 1.63. The van der Waals surface area contributed by atoms with E-state index in [1.165, 1.54) is 17.0 Å². The minimum atomic E-state index is -0.581. The summed E-state index contributed by atoms with van der Waals surface area (Å²) in [6.45, 7) is 2.72. The van der Waals surface area contributed by atoms with Crippen molar-refractivity contribution in [3.05, 3.63) is 102 Å². The number of rotatable bonds is 6. The lowest BCUT2D eigenvalue weighted by Crippen LogP contribution is -2.38. The third-order valence-corrected chi connectivity index (χ3v) is 6.54. The molecule has 3 aromatic carbocycles. The Labute approximate surface area is 218 Å². The fourth-order valence-electron chi connectivity index (χ4n) is 4.62. The normalized spacial score (nSPS) is 12.8. The van der Waals surface area contributed by atoms with Gasteiger partial charge in [-0.05, 0) is 54.4 Å². The first-order valence-corrected chi connectivity index (χ1v) is 12.1. The number of ether oxygens (including phenoxy) is 2. The second-order valence-corrected chi connectivity index (χ2v) is 8.99. The Bertz CT molecular complexity index is 1670. The minimum Gasteiger partial charge on any atom is -0.497 e. The molecule has 2 amide bonds. The molecular weight excluding hydrogens is 485 g/mol. The molecule has 1 aliphatic rings. The molecule has 8 nitrogen and oxygen atoms in total. The summed E-state index contributed by atoms with van der Waals surface area (Å²) in [6.07, 6.45) is 1.62. The maximum Gasteiger partial charge on any atom is 0.326 e. The molecule has 0 unspecified atom stereocenters. The number of benzene rings is 3. The number of aromatic nitrogens is 3. The van der Waals surface area contributed by atoms with E-state index in [1.54, 1.807) is 30.1 Å². The number of urea groups is 1. The number of nitrogens with one attached hydrogen (secondary N) is 1. The van der Waals surface area contributed by atoms with E-state index in [4.69, 9.17) is 9.47 Å². The quantitative estimate of drug-likeness (QED) is 0.291. The van der Waals surface area contributed by atoms with Gasteiger partial charge in [-0.2, -0.15) is 5.10 Å². The van der Waals surface area contributed by atoms with Gasteiger partial charge in [0.1, 0.15) is 11.5 Å². The lowest BCUT2D eigenvalue weighted by atomic mass is 10.1. The van der Waals surface area contributed by atoms with Gasteiger partial charge >= 0.3 is 6.03 Å². The van der Waals surface area contributed by atoms with Crippen LogP contribution in [-0.2, 0) is 13.1 Å². The smallest absolute Gasteiger partial charge is 0.326 e. The number of fused-ring (bicyclic) bond motifs is 2. The molecule has 0 saturated heterocycles. The first kappa shape index (κ1) is 23.5. The van der Waals surface area contributed by atoms with Crippen molar-refractivity contribution in [2.24, 2.45) is 0 Å². The van der Waals surface area contributed by atoms with Crippen molar-refractivity contribution in [3.63, 3.8) is 0 Å². The standard InChI is InChI=1S/C29H24FN5O3/c1-18-27-26(13-14-31-28(27)35(33-18)16-19-7-10-22(37-2)11-8-19)38-25-12-9-21(15-23(25)30)34-17-20-5-3-4-6-24(20)32-29(34)36/h3-15H,16-17H2,1-2H3,(H,32,36). The maximum absolute atomic E-state index is 15.2. The molecule has 0 radical (unpaired) electrons. The molecule has 0 bridgehead atoms. The Morgan fingerprint density at radius 3 is 2.63 bits per heavy atom. The Hall–Kier alpha value is -4.92. The van der Waals surface area contributed by atoms with Crippen molar-refractivity contribution >= 4 is 28.4 Å². The molecule has 3 heterocycles. The number of carbonyl (C=O) groups is 1. The topological polar surface area (TPSA) is 81.5 Å². The number of para-hydroxylation sites is 1. The third-order valence-electron chi connectivity index (χ3n) is 6.54. The van der Waals surface area contributed by atoms with Gasteiger partial charge in [0.2, 0.25) is 0 Å². The summed E-state index contributed by atoms with van der Waals surface area (Å²) in [5.41, 5.74) is 4.54. The second-order valence-electron chi connectivity index (χ2n) is 8.99. The van der Waals surface area contributed by atoms with Crippen LogP contribution in [0.15, 0.2) is 79.0 Å². The molecule has 0 spiro atoms. The highest BCUT2D eigenvalue weighted by Gasteiger charge is 2.25. The van der Waals surface area contributed by atoms with E-state index < -0.39 is 5.82 Å². The third kappa shape index (κ3) is 4.28. The highest BCUT2D eigenvalue weighted by molar-refractivity contribution is 6.04. The number of hydrogen-bond donors (Lipinski definition) is 1. The van der Waals surface area contributed by atoms with Gasteiger partial charge in [-0.3, -0.25) is 4.90 Å². The van der Waals surface area contributed by atoms with Crippen LogP contribution >= 0.6 is 0 Å². The zero-order valence-corrected chi connectivity index (χ0v) is 20.8. The summed E-state index contributed by atoms with van der Waals surface area (Å²) < 4.78 is 28.3. The number of methoxy groups -OCH3 is 1. The number of halogens is 1. The van der Waals surface area contributed by atoms with Crippen molar-refractivity contribution in [2.45, 2.75) is 20.0 Å². The largest absolute Gasteiger partial charge is 0.497 e. The number of amides is 2. The Morgan fingerprint density at radius 1 is 1.03 bits per heavy atom. The number of pyridine rings is 1. The van der Waals surface area contributed by atoms with Crippen LogP contribution < -0.4 is 19.7 Å². The van der Waals surface area contributed by atoms with E-state index in [9.17, 15) is 4.79 Å². The van der Waals surface area contributed by atoms with Crippen LogP contribution in [0.1, 0.15) is 16.8 Å². The average molecular weight is 510 g/mol. The molecule has 190 valence electrons. The van der Waals surface area contributed by atoms with Gasteiger partial charge in [0.15, 0.2) is 17.2 Å². The van der Waals surface area contributed by atoms with Crippen LogP contribution in [-0.4, -0.2) is 27.9 Å². The Kier molecular flexibility index (Phi) is 5.88. The predicted molar refractivity (Wildman–Crippen MR) is 142 cm³/mol. The van der Waals surface area contributed by atoms with Gasteiger partial charge in [0.25, 0.3) is 0 Å². The molecule has 5 aromatic rings. The van der Waals surface area contributed by atoms with Crippen molar-refractivity contribution in [2.75, 3.05) is 17.3 Å². The second kappa shape index (κ2) is 9.51. The monoisotopic (exact) mass is 509 g/mol. The zero-order valence-electron chi connectivity index (χ0n) is 20.8. The summed E-state index contributed by atoms with van der Waals surface area (Å²) in [5, 5.41) is 8.20. The van der Waals surface area contributed by atoms with E-state index in [0.29, 0.717) is 35.6 Å². The zero-order chi connectivity index (χ0) is 26.2. The van der Waals surface area contributed by atoms with Gasteiger partial charge < -0.3 is 14.8 Å². The highest BCUT2D eigenvalue weighted by atomic mass is 19.1. The van der Waals surface area contributed by atoms with Gasteiger partial charge in [-0.15, -0.1) is 0 Å². The van der Waals surface area contributed by atoms with Crippen LogP contribution in [0.4, 0.5) is 20.6 Å². The molecule has 1 N–H and O–H groups in total. The van der Waals surface area contributed by atoms with Crippen molar-refractivity contribution in [1.29, 1.82) is 0 Å². The minimum absolute atomic E-state index is 0.0429. The van der Waals surface area contributed by atoms with Gasteiger partial charge in [-0.25, -0.2) is 18.9 Å². The van der Waals surface area contributed by atoms with Crippen LogP contribution in [0, 0.1) is 12.7 Å². The number of hydrogen-bond acceptors (Lipinski definition) is 5. The van der Waals surface area contributed by atoms with Gasteiger partial charge in [0.05, 0.1) is 31.3 Å². The number of nitrogens with zero attached hydrogens (tertiary/aromatic N) is 4. The fraction of sp³-hybridized carbons (Fsp3) is 0.138. The van der Waals surface area contributed by atoms with Crippen LogP contribution in [0.25, 0.3) is 11.0 Å². The molecule has 38 heavy (non-hydrogen) atoms. The predicted octanol–water partition coefficient (Wildman–Crippen LogP) is 6.28. The van der Waals surface area contributed by atoms with Gasteiger partial charge in [0, 0.05) is 23.6 Å².